The van der Waals surface area contributed by atoms with Crippen molar-refractivity contribution in [1.82, 2.24) is 15.4 Å². The Morgan fingerprint density at radius 2 is 1.69 bits per heavy atom. The average molecular weight is 575 g/mol. The molecule has 1 aliphatic carbocycles. The molecule has 2 aromatic rings. The van der Waals surface area contributed by atoms with E-state index in [2.05, 4.69) is 20.3 Å². The summed E-state index contributed by atoms with van der Waals surface area (Å²) in [6.45, 7) is 4.62. The second kappa shape index (κ2) is 11.4. The van der Waals surface area contributed by atoms with Gasteiger partial charge in [-0.15, -0.1) is 24.0 Å². The molecule has 32 heavy (non-hydrogen) atoms. The van der Waals surface area contributed by atoms with E-state index in [1.165, 1.54) is 6.07 Å². The molecule has 3 N–H and O–H groups in total. The van der Waals surface area contributed by atoms with Gasteiger partial charge in [0.2, 0.25) is 10.0 Å². The van der Waals surface area contributed by atoms with E-state index in [0.717, 1.165) is 29.5 Å². The van der Waals surface area contributed by atoms with Crippen LogP contribution in [-0.4, -0.2) is 34.0 Å². The van der Waals surface area contributed by atoms with Crippen molar-refractivity contribution in [3.8, 4) is 0 Å². The molecule has 0 saturated heterocycles. The van der Waals surface area contributed by atoms with Crippen LogP contribution in [0, 0.1) is 5.82 Å². The monoisotopic (exact) mass is 574 g/mol. The second-order valence-electron chi connectivity index (χ2n) is 8.34. The van der Waals surface area contributed by atoms with Gasteiger partial charge in [0.15, 0.2) is 5.96 Å². The van der Waals surface area contributed by atoms with Crippen LogP contribution in [0.25, 0.3) is 0 Å². The highest BCUT2D eigenvalue weighted by Gasteiger charge is 2.45. The molecule has 6 nitrogen and oxygen atoms in total. The molecule has 1 saturated carbocycles. The number of guanidine groups is 1. The first kappa shape index (κ1) is 26.5. The summed E-state index contributed by atoms with van der Waals surface area (Å²) in [5, 5.41) is 6.55. The average Bonchev–Trinajstić information content (AvgIpc) is 3.49. The predicted octanol–water partition coefficient (Wildman–Crippen LogP) is 3.67. The Labute approximate surface area is 207 Å². The summed E-state index contributed by atoms with van der Waals surface area (Å²) in [6.07, 6.45) is 1.86. The lowest BCUT2D eigenvalue weighted by Crippen LogP contribution is -2.41. The lowest BCUT2D eigenvalue weighted by atomic mass is 9.95. The largest absolute Gasteiger partial charge is 0.356 e. The Morgan fingerprint density at radius 3 is 2.28 bits per heavy atom. The highest BCUT2D eigenvalue weighted by Crippen LogP contribution is 2.48. The third-order valence-electron chi connectivity index (χ3n) is 5.44. The molecule has 0 spiro atoms. The van der Waals surface area contributed by atoms with Crippen LogP contribution in [0.4, 0.5) is 4.39 Å². The second-order valence-corrected chi connectivity index (χ2v) is 10.1. The van der Waals surface area contributed by atoms with Crippen molar-refractivity contribution in [3.63, 3.8) is 0 Å². The summed E-state index contributed by atoms with van der Waals surface area (Å²) in [5.74, 6) is 0.348. The van der Waals surface area contributed by atoms with Gasteiger partial charge in [-0.2, -0.15) is 0 Å². The van der Waals surface area contributed by atoms with Crippen LogP contribution in [0.5, 0.6) is 0 Å². The first-order valence-electron chi connectivity index (χ1n) is 10.5. The molecular formula is C23H32FIN4O2S. The third kappa shape index (κ3) is 7.14. The van der Waals surface area contributed by atoms with Crippen molar-refractivity contribution < 1.29 is 12.8 Å². The highest BCUT2D eigenvalue weighted by atomic mass is 127. The van der Waals surface area contributed by atoms with Gasteiger partial charge in [-0.05, 0) is 49.4 Å². The molecular weight excluding hydrogens is 542 g/mol. The van der Waals surface area contributed by atoms with E-state index in [1.54, 1.807) is 27.0 Å². The molecule has 0 radical (unpaired) electrons. The van der Waals surface area contributed by atoms with Crippen molar-refractivity contribution in [3.05, 3.63) is 71.0 Å². The number of aliphatic imine (C=N–C) groups is 1. The fourth-order valence-electron chi connectivity index (χ4n) is 3.71. The van der Waals surface area contributed by atoms with Gasteiger partial charge in [0.1, 0.15) is 5.82 Å². The maximum atomic E-state index is 14.2. The quantitative estimate of drug-likeness (QED) is 0.243. The molecule has 0 amide bonds. The molecule has 9 heteroatoms. The molecule has 0 aliphatic heterocycles. The molecule has 0 aromatic heterocycles. The predicted molar refractivity (Wildman–Crippen MR) is 138 cm³/mol. The van der Waals surface area contributed by atoms with Gasteiger partial charge in [-0.3, -0.25) is 4.99 Å². The van der Waals surface area contributed by atoms with Gasteiger partial charge in [0, 0.05) is 31.6 Å². The molecule has 176 valence electrons. The number of hydrogen-bond donors (Lipinski definition) is 3. The minimum atomic E-state index is -3.42. The summed E-state index contributed by atoms with van der Waals surface area (Å²) in [6, 6.07) is 14.2. The lowest BCUT2D eigenvalue weighted by molar-refractivity contribution is 0.559. The van der Waals surface area contributed by atoms with Crippen LogP contribution in [0.2, 0.25) is 0 Å². The normalized spacial score (nSPS) is 15.2. The van der Waals surface area contributed by atoms with Crippen LogP contribution in [0.15, 0.2) is 53.5 Å². The molecule has 0 unspecified atom stereocenters. The summed E-state index contributed by atoms with van der Waals surface area (Å²) in [7, 11) is -1.73. The minimum Gasteiger partial charge on any atom is -0.356 e. The number of sulfonamides is 1. The van der Waals surface area contributed by atoms with Crippen molar-refractivity contribution in [2.24, 2.45) is 4.99 Å². The molecule has 1 fully saturated rings. The van der Waals surface area contributed by atoms with Crippen LogP contribution >= 0.6 is 24.0 Å². The number of nitrogens with one attached hydrogen (secondary N) is 3. The van der Waals surface area contributed by atoms with E-state index in [-0.39, 0.29) is 47.0 Å². The van der Waals surface area contributed by atoms with E-state index in [4.69, 9.17) is 0 Å². The van der Waals surface area contributed by atoms with Crippen LogP contribution < -0.4 is 15.4 Å². The fourth-order valence-corrected chi connectivity index (χ4v) is 5.20. The molecule has 0 bridgehead atoms. The Balaban J connectivity index is 0.00000363. The zero-order chi connectivity index (χ0) is 22.5. The van der Waals surface area contributed by atoms with Gasteiger partial charge in [-0.1, -0.05) is 42.5 Å². The van der Waals surface area contributed by atoms with Crippen molar-refractivity contribution in [2.45, 2.75) is 50.4 Å². The van der Waals surface area contributed by atoms with E-state index >= 15 is 0 Å². The van der Waals surface area contributed by atoms with Crippen molar-refractivity contribution >= 4 is 40.0 Å². The zero-order valence-corrected chi connectivity index (χ0v) is 21.8. The Bertz CT molecular complexity index is 1040. The number of benzene rings is 2. The number of hydrogen-bond acceptors (Lipinski definition) is 3. The van der Waals surface area contributed by atoms with Crippen molar-refractivity contribution in [2.75, 3.05) is 13.6 Å². The first-order valence-corrected chi connectivity index (χ1v) is 12.2. The minimum absolute atomic E-state index is 0. The van der Waals surface area contributed by atoms with Gasteiger partial charge >= 0.3 is 0 Å². The molecule has 1 aliphatic rings. The standard InChI is InChI=1S/C23H31FN4O2S.HI/c1-17(2)28-31(29,30)15-19-9-5-4-8-18(19)14-26-22(25-3)27-16-23(12-13-23)20-10-6-7-11-21(20)24;/h4-11,17,28H,12-16H2,1-3H3,(H2,25,26,27);1H. The highest BCUT2D eigenvalue weighted by molar-refractivity contribution is 14.0. The van der Waals surface area contributed by atoms with E-state index in [9.17, 15) is 12.8 Å². The zero-order valence-electron chi connectivity index (χ0n) is 18.7. The molecule has 0 heterocycles. The summed E-state index contributed by atoms with van der Waals surface area (Å²) < 4.78 is 41.5. The number of halogens is 2. The molecule has 2 aromatic carbocycles. The van der Waals surface area contributed by atoms with Gasteiger partial charge < -0.3 is 10.6 Å². The Morgan fingerprint density at radius 1 is 1.06 bits per heavy atom. The van der Waals surface area contributed by atoms with Crippen LogP contribution in [-0.2, 0) is 27.7 Å². The third-order valence-corrected chi connectivity index (χ3v) is 6.96. The van der Waals surface area contributed by atoms with Crippen molar-refractivity contribution in [1.29, 1.82) is 0 Å². The van der Waals surface area contributed by atoms with Crippen LogP contribution in [0.3, 0.4) is 0 Å². The van der Waals surface area contributed by atoms with Crippen LogP contribution in [0.1, 0.15) is 43.4 Å². The SMILES string of the molecule is CN=C(NCc1ccccc1CS(=O)(=O)NC(C)C)NCC1(c2ccccc2F)CC1.I. The van der Waals surface area contributed by atoms with E-state index in [1.807, 2.05) is 36.4 Å². The Kier molecular flexibility index (Phi) is 9.47. The maximum absolute atomic E-state index is 14.2. The summed E-state index contributed by atoms with van der Waals surface area (Å²) in [4.78, 5) is 4.26. The summed E-state index contributed by atoms with van der Waals surface area (Å²) in [5.41, 5.74) is 2.17. The molecule has 0 atom stereocenters. The lowest BCUT2D eigenvalue weighted by Gasteiger charge is -2.20. The van der Waals surface area contributed by atoms with E-state index < -0.39 is 10.0 Å². The number of nitrogens with zero attached hydrogens (tertiary/aromatic N) is 1. The first-order chi connectivity index (χ1) is 14.7. The van der Waals surface area contributed by atoms with Gasteiger partial charge in [0.25, 0.3) is 0 Å². The molecule has 3 rings (SSSR count). The smallest absolute Gasteiger partial charge is 0.216 e. The topological polar surface area (TPSA) is 82.6 Å². The Hall–Kier alpha value is -1.72. The maximum Gasteiger partial charge on any atom is 0.216 e. The fraction of sp³-hybridized carbons (Fsp3) is 0.435. The number of rotatable bonds is 9. The van der Waals surface area contributed by atoms with Gasteiger partial charge in [0.05, 0.1) is 5.75 Å². The van der Waals surface area contributed by atoms with Gasteiger partial charge in [-0.25, -0.2) is 17.5 Å². The van der Waals surface area contributed by atoms with E-state index in [0.29, 0.717) is 19.0 Å². The summed E-state index contributed by atoms with van der Waals surface area (Å²) >= 11 is 0.